The molecule has 1 aliphatic heterocycles. The molecule has 0 aliphatic carbocycles. The second-order valence-corrected chi connectivity index (χ2v) is 8.35. The molecule has 10 heteroatoms. The van der Waals surface area contributed by atoms with Gasteiger partial charge in [-0.2, -0.15) is 4.68 Å². The zero-order valence-corrected chi connectivity index (χ0v) is 20.3. The molecular formula is C27H25FN6O3. The summed E-state index contributed by atoms with van der Waals surface area (Å²) in [6, 6.07) is 20.4. The molecule has 0 saturated heterocycles. The number of carbonyl (C=O) groups excluding carboxylic acids is 1. The topological polar surface area (TPSA) is 103 Å². The van der Waals surface area contributed by atoms with E-state index in [4.69, 9.17) is 9.47 Å². The molecule has 9 nitrogen and oxygen atoms in total. The average Bonchev–Trinajstić information content (AvgIpc) is 3.36. The maximum atomic E-state index is 14.1. The van der Waals surface area contributed by atoms with Gasteiger partial charge in [0.1, 0.15) is 18.5 Å². The van der Waals surface area contributed by atoms with Crippen LogP contribution in [0.5, 0.6) is 11.5 Å². The number of hydrogen-bond acceptors (Lipinski definition) is 7. The number of ether oxygens (including phenoxy) is 2. The van der Waals surface area contributed by atoms with E-state index in [1.54, 1.807) is 41.9 Å². The van der Waals surface area contributed by atoms with Crippen LogP contribution in [0.2, 0.25) is 0 Å². The Morgan fingerprint density at radius 3 is 2.62 bits per heavy atom. The van der Waals surface area contributed by atoms with E-state index in [2.05, 4.69) is 26.2 Å². The van der Waals surface area contributed by atoms with Crippen molar-refractivity contribution in [3.8, 4) is 11.5 Å². The van der Waals surface area contributed by atoms with Gasteiger partial charge in [-0.1, -0.05) is 47.6 Å². The van der Waals surface area contributed by atoms with Crippen LogP contribution in [0.4, 0.5) is 16.0 Å². The van der Waals surface area contributed by atoms with E-state index < -0.39 is 6.04 Å². The van der Waals surface area contributed by atoms with Crippen LogP contribution in [0.1, 0.15) is 31.0 Å². The summed E-state index contributed by atoms with van der Waals surface area (Å²) in [4.78, 5) is 13.5. The lowest BCUT2D eigenvalue weighted by Gasteiger charge is -2.28. The Morgan fingerprint density at radius 2 is 1.84 bits per heavy atom. The number of benzene rings is 3. The number of amides is 1. The van der Waals surface area contributed by atoms with Gasteiger partial charge in [-0.25, -0.2) is 4.39 Å². The van der Waals surface area contributed by atoms with Crippen molar-refractivity contribution in [2.24, 2.45) is 0 Å². The highest BCUT2D eigenvalue weighted by atomic mass is 19.1. The number of allylic oxidation sites excluding steroid dienone is 1. The lowest BCUT2D eigenvalue weighted by Crippen LogP contribution is -2.31. The Kier molecular flexibility index (Phi) is 6.80. The molecular weight excluding hydrogens is 475 g/mol. The molecule has 188 valence electrons. The molecule has 2 N–H and O–H groups in total. The van der Waals surface area contributed by atoms with Gasteiger partial charge in [0, 0.05) is 16.9 Å². The number of carbonyl (C=O) groups is 1. The van der Waals surface area contributed by atoms with Crippen LogP contribution in [-0.4, -0.2) is 32.7 Å². The maximum Gasteiger partial charge on any atom is 0.255 e. The summed E-state index contributed by atoms with van der Waals surface area (Å²) < 4.78 is 27.4. The first-order chi connectivity index (χ1) is 18.0. The number of hydrogen-bond donors (Lipinski definition) is 2. The number of tetrazole rings is 1. The van der Waals surface area contributed by atoms with Crippen molar-refractivity contribution < 1.29 is 18.7 Å². The molecule has 0 radical (unpaired) electrons. The average molecular weight is 501 g/mol. The number of aromatic nitrogens is 4. The fraction of sp³-hybridized carbons (Fsp3) is 0.185. The molecule has 0 fully saturated rings. The third kappa shape index (κ3) is 4.99. The maximum absolute atomic E-state index is 14.1. The SMILES string of the molecule is CCOc1cc(C2C(C(=O)Nc3ccccc3)=C(C)Nc3nnnn32)ccc1OCc1ccccc1F. The Hall–Kier alpha value is -4.73. The van der Waals surface area contributed by atoms with Crippen LogP contribution >= 0.6 is 0 Å². The van der Waals surface area contributed by atoms with Crippen LogP contribution in [0.25, 0.3) is 0 Å². The van der Waals surface area contributed by atoms with Crippen LogP contribution in [0.15, 0.2) is 84.1 Å². The number of anilines is 2. The molecule has 0 bridgehead atoms. The van der Waals surface area contributed by atoms with Crippen molar-refractivity contribution in [2.75, 3.05) is 17.2 Å². The standard InChI is InChI=1S/C27H25FN6O3/c1-3-36-23-15-18(13-14-22(23)37-16-19-9-7-8-12-21(19)28)25-24(17(2)29-27-31-32-33-34(25)27)26(35)30-20-10-5-4-6-11-20/h4-15,25H,3,16H2,1-2H3,(H,30,35)(H,29,31,33). The first-order valence-electron chi connectivity index (χ1n) is 11.8. The highest BCUT2D eigenvalue weighted by Gasteiger charge is 2.34. The van der Waals surface area contributed by atoms with E-state index in [1.807, 2.05) is 43.3 Å². The number of para-hydroxylation sites is 1. The van der Waals surface area contributed by atoms with E-state index in [9.17, 15) is 9.18 Å². The van der Waals surface area contributed by atoms with Gasteiger partial charge in [-0.3, -0.25) is 4.79 Å². The summed E-state index contributed by atoms with van der Waals surface area (Å²) in [5.74, 6) is 0.699. The summed E-state index contributed by atoms with van der Waals surface area (Å²) in [6.07, 6.45) is 0. The fourth-order valence-electron chi connectivity index (χ4n) is 4.19. The summed E-state index contributed by atoms with van der Waals surface area (Å²) in [7, 11) is 0. The first kappa shape index (κ1) is 24.0. The number of halogens is 1. The van der Waals surface area contributed by atoms with Gasteiger partial charge >= 0.3 is 0 Å². The molecule has 37 heavy (non-hydrogen) atoms. The molecule has 1 aromatic heterocycles. The molecule has 1 amide bonds. The fourth-order valence-corrected chi connectivity index (χ4v) is 4.19. The van der Waals surface area contributed by atoms with Gasteiger partial charge in [0.15, 0.2) is 11.5 Å². The van der Waals surface area contributed by atoms with Crippen molar-refractivity contribution in [3.63, 3.8) is 0 Å². The Bertz CT molecular complexity index is 1450. The van der Waals surface area contributed by atoms with Crippen LogP contribution < -0.4 is 20.1 Å². The Labute approximate surface area is 212 Å². The van der Waals surface area contributed by atoms with Gasteiger partial charge < -0.3 is 20.1 Å². The van der Waals surface area contributed by atoms with E-state index in [0.717, 1.165) is 0 Å². The highest BCUT2D eigenvalue weighted by molar-refractivity contribution is 6.06. The van der Waals surface area contributed by atoms with Gasteiger partial charge in [-0.15, -0.1) is 0 Å². The Morgan fingerprint density at radius 1 is 1.05 bits per heavy atom. The molecule has 3 aromatic carbocycles. The first-order valence-corrected chi connectivity index (χ1v) is 11.8. The van der Waals surface area contributed by atoms with Gasteiger partial charge in [0.2, 0.25) is 5.95 Å². The number of rotatable bonds is 8. The lowest BCUT2D eigenvalue weighted by molar-refractivity contribution is -0.113. The van der Waals surface area contributed by atoms with Gasteiger partial charge in [-0.05, 0) is 60.2 Å². The predicted octanol–water partition coefficient (Wildman–Crippen LogP) is 4.72. The van der Waals surface area contributed by atoms with Crippen molar-refractivity contribution >= 4 is 17.5 Å². The summed E-state index contributed by atoms with van der Waals surface area (Å²) in [6.45, 7) is 4.10. The summed E-state index contributed by atoms with van der Waals surface area (Å²) >= 11 is 0. The molecule has 1 atom stereocenters. The smallest absolute Gasteiger partial charge is 0.255 e. The Balaban J connectivity index is 1.50. The van der Waals surface area contributed by atoms with Crippen molar-refractivity contribution in [1.82, 2.24) is 20.2 Å². The summed E-state index contributed by atoms with van der Waals surface area (Å²) in [5, 5.41) is 18.0. The van der Waals surface area contributed by atoms with Crippen molar-refractivity contribution in [2.45, 2.75) is 26.5 Å². The molecule has 1 aliphatic rings. The predicted molar refractivity (Wildman–Crippen MR) is 136 cm³/mol. The minimum absolute atomic E-state index is 0.0420. The second kappa shape index (κ2) is 10.5. The van der Waals surface area contributed by atoms with Crippen molar-refractivity contribution in [3.05, 3.63) is 101 Å². The normalized spacial score (nSPS) is 14.5. The lowest BCUT2D eigenvalue weighted by atomic mass is 9.94. The van der Waals surface area contributed by atoms with Crippen LogP contribution in [0.3, 0.4) is 0 Å². The number of fused-ring (bicyclic) bond motifs is 1. The van der Waals surface area contributed by atoms with E-state index >= 15 is 0 Å². The molecule has 4 aromatic rings. The van der Waals surface area contributed by atoms with Crippen molar-refractivity contribution in [1.29, 1.82) is 0 Å². The second-order valence-electron chi connectivity index (χ2n) is 8.35. The van der Waals surface area contributed by atoms with E-state index in [1.165, 1.54) is 6.07 Å². The third-order valence-corrected chi connectivity index (χ3v) is 5.91. The third-order valence-electron chi connectivity index (χ3n) is 5.91. The minimum Gasteiger partial charge on any atom is -0.490 e. The molecule has 1 unspecified atom stereocenters. The molecule has 5 rings (SSSR count). The zero-order chi connectivity index (χ0) is 25.8. The highest BCUT2D eigenvalue weighted by Crippen LogP contribution is 2.39. The zero-order valence-electron chi connectivity index (χ0n) is 20.3. The molecule has 2 heterocycles. The molecule has 0 saturated carbocycles. The minimum atomic E-state index is -0.630. The van der Waals surface area contributed by atoms with Gasteiger partial charge in [0.05, 0.1) is 12.2 Å². The van der Waals surface area contributed by atoms with Gasteiger partial charge in [0.25, 0.3) is 5.91 Å². The van der Waals surface area contributed by atoms with E-state index in [-0.39, 0.29) is 18.3 Å². The van der Waals surface area contributed by atoms with E-state index in [0.29, 0.717) is 52.1 Å². The molecule has 0 spiro atoms. The number of nitrogens with one attached hydrogen (secondary N) is 2. The number of nitrogens with zero attached hydrogens (tertiary/aromatic N) is 4. The largest absolute Gasteiger partial charge is 0.490 e. The quantitative estimate of drug-likeness (QED) is 0.361. The van der Waals surface area contributed by atoms with Crippen LogP contribution in [-0.2, 0) is 11.4 Å². The van der Waals surface area contributed by atoms with Crippen LogP contribution in [0, 0.1) is 5.82 Å². The summed E-state index contributed by atoms with van der Waals surface area (Å²) in [5.41, 5.74) is 2.89. The monoisotopic (exact) mass is 500 g/mol.